The van der Waals surface area contributed by atoms with Crippen molar-refractivity contribution < 1.29 is 0 Å². The Balaban J connectivity index is 2.22. The molecule has 0 aromatic carbocycles. The van der Waals surface area contributed by atoms with Gasteiger partial charge in [-0.15, -0.1) is 0 Å². The van der Waals surface area contributed by atoms with E-state index in [9.17, 15) is 0 Å². The van der Waals surface area contributed by atoms with Gasteiger partial charge in [0.2, 0.25) is 0 Å². The van der Waals surface area contributed by atoms with Crippen molar-refractivity contribution in [1.82, 2.24) is 5.32 Å². The molecule has 0 aliphatic heterocycles. The Morgan fingerprint density at radius 1 is 1.14 bits per heavy atom. The molecule has 0 bridgehead atoms. The minimum Gasteiger partial charge on any atom is -0.316 e. The lowest BCUT2D eigenvalue weighted by atomic mass is 9.86. The second-order valence-electron chi connectivity index (χ2n) is 5.65. The highest BCUT2D eigenvalue weighted by atomic mass is 14.9. The smallest absolute Gasteiger partial charge is 0.00177 e. The highest BCUT2D eigenvalue weighted by Gasteiger charge is 2.28. The summed E-state index contributed by atoms with van der Waals surface area (Å²) >= 11 is 0. The van der Waals surface area contributed by atoms with Crippen LogP contribution in [0.3, 0.4) is 0 Å². The molecule has 1 N–H and O–H groups in total. The van der Waals surface area contributed by atoms with Crippen molar-refractivity contribution in [2.45, 2.75) is 47.0 Å². The SMILES string of the molecule is CC(C)CNCC1CCCC1C(C)C. The van der Waals surface area contributed by atoms with Crippen LogP contribution in [0.1, 0.15) is 47.0 Å². The predicted octanol–water partition coefficient (Wildman–Crippen LogP) is 3.30. The van der Waals surface area contributed by atoms with Crippen LogP contribution in [0.2, 0.25) is 0 Å². The summed E-state index contributed by atoms with van der Waals surface area (Å²) in [7, 11) is 0. The van der Waals surface area contributed by atoms with E-state index in [4.69, 9.17) is 0 Å². The van der Waals surface area contributed by atoms with E-state index in [1.807, 2.05) is 0 Å². The normalized spacial score (nSPS) is 27.9. The first kappa shape index (κ1) is 12.0. The van der Waals surface area contributed by atoms with E-state index in [0.717, 1.165) is 23.7 Å². The predicted molar refractivity (Wildman–Crippen MR) is 63.4 cm³/mol. The Morgan fingerprint density at radius 2 is 1.86 bits per heavy atom. The molecule has 1 aliphatic rings. The molecule has 1 heteroatoms. The molecule has 0 aromatic heterocycles. The summed E-state index contributed by atoms with van der Waals surface area (Å²) in [5, 5.41) is 3.61. The van der Waals surface area contributed by atoms with Crippen molar-refractivity contribution in [3.05, 3.63) is 0 Å². The fraction of sp³-hybridized carbons (Fsp3) is 1.00. The first-order valence-corrected chi connectivity index (χ1v) is 6.32. The first-order valence-electron chi connectivity index (χ1n) is 6.32. The summed E-state index contributed by atoms with van der Waals surface area (Å²) in [6, 6.07) is 0. The van der Waals surface area contributed by atoms with Gasteiger partial charge in [-0.2, -0.15) is 0 Å². The zero-order chi connectivity index (χ0) is 10.6. The third-order valence-electron chi connectivity index (χ3n) is 3.53. The second-order valence-corrected chi connectivity index (χ2v) is 5.65. The molecule has 0 amide bonds. The van der Waals surface area contributed by atoms with Crippen LogP contribution >= 0.6 is 0 Å². The lowest BCUT2D eigenvalue weighted by Crippen LogP contribution is -2.29. The van der Waals surface area contributed by atoms with E-state index in [1.54, 1.807) is 0 Å². The topological polar surface area (TPSA) is 12.0 Å². The van der Waals surface area contributed by atoms with Crippen molar-refractivity contribution in [3.63, 3.8) is 0 Å². The molecule has 2 atom stereocenters. The standard InChI is InChI=1S/C13H27N/c1-10(2)8-14-9-12-6-5-7-13(12)11(3)4/h10-14H,5-9H2,1-4H3. The Hall–Kier alpha value is -0.0400. The van der Waals surface area contributed by atoms with Crippen molar-refractivity contribution >= 4 is 0 Å². The number of hydrogen-bond acceptors (Lipinski definition) is 1. The molecule has 1 nitrogen and oxygen atoms in total. The molecule has 0 aromatic rings. The molecule has 0 saturated heterocycles. The maximum absolute atomic E-state index is 3.61. The van der Waals surface area contributed by atoms with Gasteiger partial charge in [0.05, 0.1) is 0 Å². The third-order valence-corrected chi connectivity index (χ3v) is 3.53. The van der Waals surface area contributed by atoms with E-state index in [-0.39, 0.29) is 0 Å². The lowest BCUT2D eigenvalue weighted by molar-refractivity contribution is 0.283. The van der Waals surface area contributed by atoms with Gasteiger partial charge in [-0.1, -0.05) is 34.1 Å². The molecule has 1 saturated carbocycles. The average molecular weight is 197 g/mol. The van der Waals surface area contributed by atoms with Crippen molar-refractivity contribution in [3.8, 4) is 0 Å². The van der Waals surface area contributed by atoms with Gasteiger partial charge in [0.1, 0.15) is 0 Å². The van der Waals surface area contributed by atoms with Gasteiger partial charge in [-0.25, -0.2) is 0 Å². The Labute approximate surface area is 89.7 Å². The van der Waals surface area contributed by atoms with E-state index in [2.05, 4.69) is 33.0 Å². The fourth-order valence-corrected chi connectivity index (χ4v) is 2.75. The maximum atomic E-state index is 3.61. The van der Waals surface area contributed by atoms with Crippen LogP contribution in [0.15, 0.2) is 0 Å². The summed E-state index contributed by atoms with van der Waals surface area (Å²) < 4.78 is 0. The van der Waals surface area contributed by atoms with Gasteiger partial charge in [0.15, 0.2) is 0 Å². The van der Waals surface area contributed by atoms with Crippen LogP contribution in [0.25, 0.3) is 0 Å². The highest BCUT2D eigenvalue weighted by Crippen LogP contribution is 2.36. The zero-order valence-electron chi connectivity index (χ0n) is 10.3. The quantitative estimate of drug-likeness (QED) is 0.713. The minimum absolute atomic E-state index is 0.786. The molecule has 1 fully saturated rings. The molecule has 1 rings (SSSR count). The van der Waals surface area contributed by atoms with Gasteiger partial charge >= 0.3 is 0 Å². The number of hydrogen-bond donors (Lipinski definition) is 1. The molecule has 0 spiro atoms. The fourth-order valence-electron chi connectivity index (χ4n) is 2.75. The Kier molecular flexibility index (Phi) is 4.94. The average Bonchev–Trinajstić information content (AvgIpc) is 2.51. The van der Waals surface area contributed by atoms with E-state index < -0.39 is 0 Å². The Bertz CT molecular complexity index is 151. The van der Waals surface area contributed by atoms with E-state index in [1.165, 1.54) is 32.4 Å². The van der Waals surface area contributed by atoms with Gasteiger partial charge in [0.25, 0.3) is 0 Å². The summed E-state index contributed by atoms with van der Waals surface area (Å²) in [6.07, 6.45) is 4.37. The summed E-state index contributed by atoms with van der Waals surface area (Å²) in [5.41, 5.74) is 0. The molecule has 0 radical (unpaired) electrons. The van der Waals surface area contributed by atoms with Crippen molar-refractivity contribution in [2.24, 2.45) is 23.7 Å². The maximum Gasteiger partial charge on any atom is -0.00177 e. The van der Waals surface area contributed by atoms with Crippen LogP contribution < -0.4 is 5.32 Å². The molecular weight excluding hydrogens is 170 g/mol. The number of rotatable bonds is 5. The molecule has 1 aliphatic carbocycles. The lowest BCUT2D eigenvalue weighted by Gasteiger charge is -2.23. The van der Waals surface area contributed by atoms with Gasteiger partial charge in [-0.3, -0.25) is 0 Å². The second kappa shape index (κ2) is 5.75. The van der Waals surface area contributed by atoms with Crippen molar-refractivity contribution in [2.75, 3.05) is 13.1 Å². The molecule has 2 unspecified atom stereocenters. The van der Waals surface area contributed by atoms with Gasteiger partial charge in [-0.05, 0) is 49.6 Å². The summed E-state index contributed by atoms with van der Waals surface area (Å²) in [5.74, 6) is 3.60. The number of nitrogens with one attached hydrogen (secondary N) is 1. The molecule has 0 heterocycles. The van der Waals surface area contributed by atoms with Crippen LogP contribution in [0, 0.1) is 23.7 Å². The molecule has 14 heavy (non-hydrogen) atoms. The highest BCUT2D eigenvalue weighted by molar-refractivity contribution is 4.81. The molecule has 84 valence electrons. The van der Waals surface area contributed by atoms with Crippen LogP contribution in [-0.2, 0) is 0 Å². The summed E-state index contributed by atoms with van der Waals surface area (Å²) in [6.45, 7) is 11.8. The van der Waals surface area contributed by atoms with E-state index >= 15 is 0 Å². The monoisotopic (exact) mass is 197 g/mol. The van der Waals surface area contributed by atoms with Crippen LogP contribution in [0.4, 0.5) is 0 Å². The summed E-state index contributed by atoms with van der Waals surface area (Å²) in [4.78, 5) is 0. The molecular formula is C13H27N. The Morgan fingerprint density at radius 3 is 2.43 bits per heavy atom. The van der Waals surface area contributed by atoms with Gasteiger partial charge < -0.3 is 5.32 Å². The third kappa shape index (κ3) is 3.61. The van der Waals surface area contributed by atoms with Crippen LogP contribution in [0.5, 0.6) is 0 Å². The van der Waals surface area contributed by atoms with Crippen LogP contribution in [-0.4, -0.2) is 13.1 Å². The first-order chi connectivity index (χ1) is 6.61. The van der Waals surface area contributed by atoms with E-state index in [0.29, 0.717) is 0 Å². The van der Waals surface area contributed by atoms with Crippen molar-refractivity contribution in [1.29, 1.82) is 0 Å². The van der Waals surface area contributed by atoms with Gasteiger partial charge in [0, 0.05) is 0 Å². The zero-order valence-corrected chi connectivity index (χ0v) is 10.3. The minimum atomic E-state index is 0.786. The largest absolute Gasteiger partial charge is 0.316 e.